The van der Waals surface area contributed by atoms with E-state index in [4.69, 9.17) is 0 Å². The lowest BCUT2D eigenvalue weighted by Gasteiger charge is -2.11. The van der Waals surface area contributed by atoms with E-state index in [1.165, 1.54) is 30.5 Å². The van der Waals surface area contributed by atoms with E-state index in [2.05, 4.69) is 19.4 Å². The van der Waals surface area contributed by atoms with E-state index in [-0.39, 0.29) is 21.4 Å². The monoisotopic (exact) mass is 446 g/mol. The SMILES string of the molecule is Cc1ccnc(NS(=O)(=O)c2ccc(NS(=O)(=O)c3ccc(C(C)C)cc3)cc2)n1. The molecule has 0 atom stereocenters. The number of hydrogen-bond donors (Lipinski definition) is 2. The van der Waals surface area contributed by atoms with Gasteiger partial charge in [-0.05, 0) is 60.9 Å². The van der Waals surface area contributed by atoms with Crippen molar-refractivity contribution < 1.29 is 16.8 Å². The first-order chi connectivity index (χ1) is 14.1. The summed E-state index contributed by atoms with van der Waals surface area (Å²) >= 11 is 0. The van der Waals surface area contributed by atoms with Gasteiger partial charge in [-0.25, -0.2) is 31.5 Å². The number of hydrogen-bond acceptors (Lipinski definition) is 6. The molecule has 30 heavy (non-hydrogen) atoms. The van der Waals surface area contributed by atoms with Gasteiger partial charge in [-0.15, -0.1) is 0 Å². The fourth-order valence-corrected chi connectivity index (χ4v) is 4.63. The van der Waals surface area contributed by atoms with Crippen molar-refractivity contribution in [3.63, 3.8) is 0 Å². The first-order valence-corrected chi connectivity index (χ1v) is 12.1. The van der Waals surface area contributed by atoms with E-state index >= 15 is 0 Å². The van der Waals surface area contributed by atoms with Crippen molar-refractivity contribution in [2.24, 2.45) is 0 Å². The summed E-state index contributed by atoms with van der Waals surface area (Å²) in [5.74, 6) is 0.257. The predicted octanol–water partition coefficient (Wildman–Crippen LogP) is 3.51. The summed E-state index contributed by atoms with van der Waals surface area (Å²) in [7, 11) is -7.70. The largest absolute Gasteiger partial charge is 0.280 e. The summed E-state index contributed by atoms with van der Waals surface area (Å²) in [5, 5.41) is 0. The Morgan fingerprint density at radius 3 is 1.83 bits per heavy atom. The van der Waals surface area contributed by atoms with E-state index in [1.807, 2.05) is 13.8 Å². The Labute approximate surface area is 176 Å². The Morgan fingerprint density at radius 1 is 0.767 bits per heavy atom. The maximum atomic E-state index is 12.6. The average molecular weight is 447 g/mol. The number of rotatable bonds is 7. The Balaban J connectivity index is 1.76. The molecule has 0 saturated heterocycles. The Hall–Kier alpha value is -2.98. The number of sulfonamides is 2. The normalized spacial score (nSPS) is 12.0. The van der Waals surface area contributed by atoms with Gasteiger partial charge in [-0.1, -0.05) is 26.0 Å². The van der Waals surface area contributed by atoms with Crippen molar-refractivity contribution in [1.29, 1.82) is 0 Å². The van der Waals surface area contributed by atoms with Crippen molar-refractivity contribution in [3.8, 4) is 0 Å². The van der Waals surface area contributed by atoms with Crippen LogP contribution < -0.4 is 9.44 Å². The molecule has 0 fully saturated rings. The van der Waals surface area contributed by atoms with Gasteiger partial charge in [0.15, 0.2) is 0 Å². The van der Waals surface area contributed by atoms with Crippen molar-refractivity contribution in [3.05, 3.63) is 72.1 Å². The van der Waals surface area contributed by atoms with Gasteiger partial charge < -0.3 is 0 Å². The highest BCUT2D eigenvalue weighted by molar-refractivity contribution is 7.93. The van der Waals surface area contributed by atoms with E-state index in [9.17, 15) is 16.8 Å². The number of benzene rings is 2. The highest BCUT2D eigenvalue weighted by atomic mass is 32.2. The Morgan fingerprint density at radius 2 is 1.30 bits per heavy atom. The molecular formula is C20H22N4O4S2. The van der Waals surface area contributed by atoms with Gasteiger partial charge in [0.05, 0.1) is 9.79 Å². The third-order valence-electron chi connectivity index (χ3n) is 4.29. The molecule has 0 amide bonds. The van der Waals surface area contributed by atoms with Crippen LogP contribution in [0.4, 0.5) is 11.6 Å². The van der Waals surface area contributed by atoms with E-state index in [0.29, 0.717) is 11.6 Å². The van der Waals surface area contributed by atoms with Gasteiger partial charge in [0.25, 0.3) is 20.0 Å². The molecule has 0 unspecified atom stereocenters. The molecule has 0 saturated carbocycles. The third-order valence-corrected chi connectivity index (χ3v) is 7.04. The molecule has 0 aliphatic rings. The zero-order valence-corrected chi connectivity index (χ0v) is 18.3. The zero-order valence-electron chi connectivity index (χ0n) is 16.7. The minimum absolute atomic E-state index is 0.0374. The molecule has 0 radical (unpaired) electrons. The van der Waals surface area contributed by atoms with Gasteiger partial charge >= 0.3 is 0 Å². The maximum Gasteiger partial charge on any atom is 0.264 e. The number of nitrogens with zero attached hydrogens (tertiary/aromatic N) is 2. The second-order valence-electron chi connectivity index (χ2n) is 6.98. The molecule has 3 aromatic rings. The van der Waals surface area contributed by atoms with Crippen LogP contribution in [0.5, 0.6) is 0 Å². The third kappa shape index (κ3) is 5.14. The molecule has 3 rings (SSSR count). The van der Waals surface area contributed by atoms with Crippen LogP contribution in [0.1, 0.15) is 31.0 Å². The average Bonchev–Trinajstić information content (AvgIpc) is 2.68. The highest BCUT2D eigenvalue weighted by Gasteiger charge is 2.18. The number of nitrogens with one attached hydrogen (secondary N) is 2. The van der Waals surface area contributed by atoms with Crippen LogP contribution in [0.2, 0.25) is 0 Å². The molecule has 10 heteroatoms. The van der Waals surface area contributed by atoms with Crippen LogP contribution in [0.25, 0.3) is 0 Å². The van der Waals surface area contributed by atoms with Crippen molar-refractivity contribution in [1.82, 2.24) is 9.97 Å². The molecule has 8 nitrogen and oxygen atoms in total. The van der Waals surface area contributed by atoms with Gasteiger partial charge in [-0.3, -0.25) is 4.72 Å². The summed E-state index contributed by atoms with van der Waals surface area (Å²) < 4.78 is 54.9. The van der Waals surface area contributed by atoms with Gasteiger partial charge in [-0.2, -0.15) is 0 Å². The molecular weight excluding hydrogens is 424 g/mol. The van der Waals surface area contributed by atoms with Crippen LogP contribution in [0.3, 0.4) is 0 Å². The van der Waals surface area contributed by atoms with Crippen LogP contribution >= 0.6 is 0 Å². The predicted molar refractivity (Wildman–Crippen MR) is 115 cm³/mol. The lowest BCUT2D eigenvalue weighted by atomic mass is 10.0. The van der Waals surface area contributed by atoms with Crippen molar-refractivity contribution >= 4 is 31.7 Å². The minimum Gasteiger partial charge on any atom is -0.280 e. The van der Waals surface area contributed by atoms with Crippen molar-refractivity contribution in [2.45, 2.75) is 36.5 Å². The Kier molecular flexibility index (Phi) is 6.09. The molecule has 0 bridgehead atoms. The first-order valence-electron chi connectivity index (χ1n) is 9.12. The summed E-state index contributed by atoms with van der Waals surface area (Å²) in [5.41, 5.74) is 1.90. The molecule has 158 valence electrons. The van der Waals surface area contributed by atoms with Gasteiger partial charge in [0.2, 0.25) is 5.95 Å². The van der Waals surface area contributed by atoms with E-state index < -0.39 is 20.0 Å². The molecule has 2 aromatic carbocycles. The first kappa shape index (κ1) is 21.7. The molecule has 0 aliphatic heterocycles. The molecule has 0 aliphatic carbocycles. The lowest BCUT2D eigenvalue weighted by Crippen LogP contribution is -2.16. The summed E-state index contributed by atoms with van der Waals surface area (Å²) in [4.78, 5) is 7.96. The summed E-state index contributed by atoms with van der Waals surface area (Å²) in [6.45, 7) is 5.77. The fourth-order valence-electron chi connectivity index (χ4n) is 2.63. The summed E-state index contributed by atoms with van der Waals surface area (Å²) in [6.07, 6.45) is 1.45. The number of aryl methyl sites for hydroxylation is 1. The molecule has 1 aromatic heterocycles. The highest BCUT2D eigenvalue weighted by Crippen LogP contribution is 2.21. The molecule has 2 N–H and O–H groups in total. The van der Waals surface area contributed by atoms with Gasteiger partial charge in [0, 0.05) is 17.6 Å². The van der Waals surface area contributed by atoms with Crippen molar-refractivity contribution in [2.75, 3.05) is 9.44 Å². The summed E-state index contributed by atoms with van der Waals surface area (Å²) in [6, 6.07) is 13.6. The van der Waals surface area contributed by atoms with Crippen LogP contribution in [-0.2, 0) is 20.0 Å². The smallest absolute Gasteiger partial charge is 0.264 e. The molecule has 0 spiro atoms. The van der Waals surface area contributed by atoms with Crippen LogP contribution in [0.15, 0.2) is 70.6 Å². The van der Waals surface area contributed by atoms with E-state index in [1.54, 1.807) is 37.3 Å². The molecule has 1 heterocycles. The topological polar surface area (TPSA) is 118 Å². The fraction of sp³-hybridized carbons (Fsp3) is 0.200. The zero-order chi connectivity index (χ0) is 21.9. The maximum absolute atomic E-state index is 12.6. The number of aromatic nitrogens is 2. The van der Waals surface area contributed by atoms with E-state index in [0.717, 1.165) is 5.56 Å². The second kappa shape index (κ2) is 8.41. The van der Waals surface area contributed by atoms with Crippen LogP contribution in [-0.4, -0.2) is 26.8 Å². The second-order valence-corrected chi connectivity index (χ2v) is 10.3. The quantitative estimate of drug-likeness (QED) is 0.573. The lowest BCUT2D eigenvalue weighted by molar-refractivity contribution is 0.599. The Bertz CT molecular complexity index is 1240. The number of anilines is 2. The van der Waals surface area contributed by atoms with Crippen LogP contribution in [0, 0.1) is 6.92 Å². The minimum atomic E-state index is -3.91. The van der Waals surface area contributed by atoms with Gasteiger partial charge in [0.1, 0.15) is 0 Å². The standard InChI is InChI=1S/C20H22N4O4S2/c1-14(2)16-4-8-18(9-5-16)29(25,26)23-17-6-10-19(11-7-17)30(27,28)24-20-21-13-12-15(3)22-20/h4-14,23H,1-3H3,(H,21,22,24).